The third-order valence-electron chi connectivity index (χ3n) is 4.27. The van der Waals surface area contributed by atoms with Gasteiger partial charge in [0.05, 0.1) is 12.1 Å². The summed E-state index contributed by atoms with van der Waals surface area (Å²) >= 11 is 0. The number of pyridine rings is 1. The molecule has 31 heavy (non-hydrogen) atoms. The smallest absolute Gasteiger partial charge is 0.347 e. The summed E-state index contributed by atoms with van der Waals surface area (Å²) in [6, 6.07) is 7.29. The highest BCUT2D eigenvalue weighted by molar-refractivity contribution is 5.94. The number of aromatic nitrogens is 3. The second kappa shape index (κ2) is 9.25. The summed E-state index contributed by atoms with van der Waals surface area (Å²) in [5, 5.41) is 11.9. The van der Waals surface area contributed by atoms with Crippen molar-refractivity contribution >= 4 is 22.6 Å². The monoisotopic (exact) mass is 428 g/mol. The summed E-state index contributed by atoms with van der Waals surface area (Å²) in [6.07, 6.45) is 1.72. The number of amides is 2. The Morgan fingerprint density at radius 3 is 2.71 bits per heavy atom. The topological polar surface area (TPSA) is 135 Å². The normalized spacial score (nSPS) is 11.7. The van der Waals surface area contributed by atoms with Crippen LogP contribution in [0.4, 0.5) is 10.6 Å². The number of hydroxylamine groups is 1. The fourth-order valence-corrected chi connectivity index (χ4v) is 3.04. The van der Waals surface area contributed by atoms with Crippen LogP contribution in [0.5, 0.6) is 0 Å². The van der Waals surface area contributed by atoms with Crippen LogP contribution in [0.25, 0.3) is 22.2 Å². The van der Waals surface area contributed by atoms with Crippen molar-refractivity contribution in [1.29, 1.82) is 0 Å². The van der Waals surface area contributed by atoms with Crippen molar-refractivity contribution in [3.05, 3.63) is 36.4 Å². The highest BCUT2D eigenvalue weighted by Gasteiger charge is 2.23. The van der Waals surface area contributed by atoms with E-state index in [1.54, 1.807) is 20.2 Å². The summed E-state index contributed by atoms with van der Waals surface area (Å²) in [6.45, 7) is 8.12. The van der Waals surface area contributed by atoms with Crippen LogP contribution in [0, 0.1) is 6.92 Å². The van der Waals surface area contributed by atoms with Gasteiger partial charge in [0.25, 0.3) is 0 Å². The van der Waals surface area contributed by atoms with E-state index >= 15 is 0 Å². The zero-order valence-electron chi connectivity index (χ0n) is 18.3. The summed E-state index contributed by atoms with van der Waals surface area (Å²) in [7, 11) is 1.65. The second-order valence-electron chi connectivity index (χ2n) is 7.90. The number of carbonyl (C=O) groups is 1. The largest absolute Gasteiger partial charge is 0.368 e. The molecule has 166 valence electrons. The molecule has 2 heterocycles. The Labute approximate surface area is 180 Å². The third kappa shape index (κ3) is 5.66. The molecule has 0 unspecified atom stereocenters. The van der Waals surface area contributed by atoms with Crippen molar-refractivity contribution in [3.8, 4) is 11.4 Å². The first-order chi connectivity index (χ1) is 14.7. The van der Waals surface area contributed by atoms with Crippen LogP contribution in [0.15, 0.2) is 35.0 Å². The van der Waals surface area contributed by atoms with E-state index in [4.69, 9.17) is 15.2 Å². The maximum Gasteiger partial charge on any atom is 0.347 e. The van der Waals surface area contributed by atoms with Gasteiger partial charge in [0.15, 0.2) is 0 Å². The maximum atomic E-state index is 12.2. The van der Waals surface area contributed by atoms with E-state index in [2.05, 4.69) is 25.9 Å². The molecule has 3 rings (SSSR count). The molecular formula is C20H28N8O3. The van der Waals surface area contributed by atoms with Crippen molar-refractivity contribution in [2.24, 2.45) is 5.84 Å². The molecule has 0 saturated heterocycles. The van der Waals surface area contributed by atoms with Gasteiger partial charge in [0, 0.05) is 37.7 Å². The molecule has 0 saturated carbocycles. The molecule has 1 aromatic carbocycles. The number of nitrogens with one attached hydrogen (secondary N) is 2. The van der Waals surface area contributed by atoms with Crippen LogP contribution in [0.1, 0.15) is 26.7 Å². The van der Waals surface area contributed by atoms with Crippen molar-refractivity contribution in [2.45, 2.75) is 33.3 Å². The minimum atomic E-state index is -0.491. The molecule has 3 aromatic rings. The lowest BCUT2D eigenvalue weighted by molar-refractivity contribution is -0.295. The Hall–Kier alpha value is -3.28. The quantitative estimate of drug-likeness (QED) is 0.295. The van der Waals surface area contributed by atoms with Crippen LogP contribution in [0.2, 0.25) is 0 Å². The number of hydrogen-bond acceptors (Lipinski definition) is 9. The van der Waals surface area contributed by atoms with Gasteiger partial charge in [0.1, 0.15) is 5.82 Å². The summed E-state index contributed by atoms with van der Waals surface area (Å²) in [5.74, 6) is 7.02. The van der Waals surface area contributed by atoms with E-state index < -0.39 is 11.6 Å². The van der Waals surface area contributed by atoms with Crippen molar-refractivity contribution in [1.82, 2.24) is 30.7 Å². The number of carbonyl (C=O) groups excluding carboxylic acids is 1. The fourth-order valence-electron chi connectivity index (χ4n) is 3.04. The number of hydrogen-bond donors (Lipinski definition) is 3. The number of urea groups is 1. The van der Waals surface area contributed by atoms with E-state index in [1.807, 2.05) is 45.0 Å². The minimum Gasteiger partial charge on any atom is -0.368 e. The second-order valence-corrected chi connectivity index (χ2v) is 7.90. The van der Waals surface area contributed by atoms with Gasteiger partial charge < -0.3 is 9.84 Å². The van der Waals surface area contributed by atoms with Crippen LogP contribution in [-0.4, -0.2) is 57.1 Å². The van der Waals surface area contributed by atoms with Gasteiger partial charge in [-0.05, 0) is 38.3 Å². The van der Waals surface area contributed by atoms with Crippen LogP contribution in [-0.2, 0) is 4.84 Å². The molecule has 0 aliphatic rings. The first-order valence-electron chi connectivity index (χ1n) is 9.82. The van der Waals surface area contributed by atoms with Gasteiger partial charge in [-0.2, -0.15) is 4.98 Å². The number of fused-ring (bicyclic) bond motifs is 1. The molecular weight excluding hydrogens is 400 g/mol. The summed E-state index contributed by atoms with van der Waals surface area (Å²) in [5.41, 5.74) is 2.48. The first kappa shape index (κ1) is 22.4. The van der Waals surface area contributed by atoms with E-state index in [-0.39, 0.29) is 6.54 Å². The lowest BCUT2D eigenvalue weighted by Crippen LogP contribution is -2.54. The van der Waals surface area contributed by atoms with Gasteiger partial charge >= 0.3 is 6.03 Å². The van der Waals surface area contributed by atoms with Crippen LogP contribution in [0.3, 0.4) is 0 Å². The number of nitrogens with zero attached hydrogens (tertiary/aromatic N) is 5. The number of aryl methyl sites for hydroxylation is 1. The predicted octanol–water partition coefficient (Wildman–Crippen LogP) is 2.47. The summed E-state index contributed by atoms with van der Waals surface area (Å²) in [4.78, 5) is 26.7. The Morgan fingerprint density at radius 2 is 2.06 bits per heavy atom. The molecule has 0 radical (unpaired) electrons. The van der Waals surface area contributed by atoms with Gasteiger partial charge in [-0.1, -0.05) is 22.5 Å². The first-order valence-corrected chi connectivity index (χ1v) is 9.82. The van der Waals surface area contributed by atoms with Gasteiger partial charge in [0.2, 0.25) is 11.7 Å². The van der Waals surface area contributed by atoms with E-state index in [9.17, 15) is 4.79 Å². The number of benzene rings is 1. The molecule has 2 amide bonds. The average Bonchev–Trinajstić information content (AvgIpc) is 3.15. The Balaban J connectivity index is 1.76. The molecule has 11 heteroatoms. The lowest BCUT2D eigenvalue weighted by atomic mass is 10.1. The Morgan fingerprint density at radius 1 is 1.29 bits per heavy atom. The standard InChI is InChI=1S/C20H28N8O3/c1-13-24-17(26-30-13)15-7-6-14-8-9-22-18(16(14)12-15)23-10-11-28(19(29)25-21)27(5)31-20(2,3)4/h6-9,12H,10-11,21H2,1-5H3,(H,22,23)(H,25,29). The van der Waals surface area contributed by atoms with Crippen LogP contribution >= 0.6 is 0 Å². The van der Waals surface area contributed by atoms with Crippen LogP contribution < -0.4 is 16.6 Å². The number of hydrazine groups is 2. The van der Waals surface area contributed by atoms with Crippen molar-refractivity contribution in [3.63, 3.8) is 0 Å². The number of rotatable bonds is 7. The average molecular weight is 428 g/mol. The van der Waals surface area contributed by atoms with E-state index in [1.165, 1.54) is 10.2 Å². The highest BCUT2D eigenvalue weighted by Crippen LogP contribution is 2.26. The number of nitrogens with two attached hydrogens (primary N) is 1. The molecule has 0 spiro atoms. The third-order valence-corrected chi connectivity index (χ3v) is 4.27. The summed E-state index contributed by atoms with van der Waals surface area (Å²) < 4.78 is 5.08. The molecule has 2 aromatic heterocycles. The van der Waals surface area contributed by atoms with Gasteiger partial charge in [-0.15, -0.1) is 0 Å². The van der Waals surface area contributed by atoms with Gasteiger partial charge in [-0.25, -0.2) is 20.6 Å². The van der Waals surface area contributed by atoms with Crippen molar-refractivity contribution < 1.29 is 14.2 Å². The molecule has 4 N–H and O–H groups in total. The Bertz CT molecular complexity index is 1050. The fraction of sp³-hybridized carbons (Fsp3) is 0.400. The number of anilines is 1. The molecule has 0 aliphatic carbocycles. The van der Waals surface area contributed by atoms with Crippen molar-refractivity contribution in [2.75, 3.05) is 25.5 Å². The SMILES string of the molecule is Cc1nc(-c2ccc3ccnc(NCCN(C(=O)NN)N(C)OC(C)(C)C)c3c2)no1. The lowest BCUT2D eigenvalue weighted by Gasteiger charge is -2.34. The molecule has 0 aliphatic heterocycles. The highest BCUT2D eigenvalue weighted by atomic mass is 16.7. The van der Waals surface area contributed by atoms with E-state index in [0.717, 1.165) is 16.3 Å². The maximum absolute atomic E-state index is 12.2. The molecule has 0 atom stereocenters. The van der Waals surface area contributed by atoms with Gasteiger partial charge in [-0.3, -0.25) is 10.3 Å². The Kier molecular flexibility index (Phi) is 6.68. The van der Waals surface area contributed by atoms with E-state index in [0.29, 0.717) is 24.1 Å². The molecule has 0 fully saturated rings. The zero-order chi connectivity index (χ0) is 22.6. The predicted molar refractivity (Wildman–Crippen MR) is 116 cm³/mol. The molecule has 11 nitrogen and oxygen atoms in total. The zero-order valence-corrected chi connectivity index (χ0v) is 18.3. The minimum absolute atomic E-state index is 0.289. The molecule has 0 bridgehead atoms.